The lowest BCUT2D eigenvalue weighted by atomic mass is 9.81. The molecular formula is C15H26. The van der Waals surface area contributed by atoms with E-state index < -0.39 is 0 Å². The molecule has 0 nitrogen and oxygen atoms in total. The topological polar surface area (TPSA) is 0 Å². The Morgan fingerprint density at radius 1 is 0.667 bits per heavy atom. The zero-order valence-corrected chi connectivity index (χ0v) is 10.3. The van der Waals surface area contributed by atoms with Crippen molar-refractivity contribution >= 4 is 0 Å². The molecule has 0 saturated heterocycles. The summed E-state index contributed by atoms with van der Waals surface area (Å²) in [5.74, 6) is 2.84. The van der Waals surface area contributed by atoms with Gasteiger partial charge in [0.05, 0.1) is 0 Å². The average Bonchev–Trinajstić information content (AvgIpc) is 2.30. The van der Waals surface area contributed by atoms with Crippen LogP contribution in [0.2, 0.25) is 0 Å². The highest BCUT2D eigenvalue weighted by atomic mass is 14.2. The molecule has 0 unspecified atom stereocenters. The predicted molar refractivity (Wildman–Crippen MR) is 66.8 cm³/mol. The van der Waals surface area contributed by atoms with E-state index >= 15 is 0 Å². The molecule has 2 fully saturated rings. The summed E-state index contributed by atoms with van der Waals surface area (Å²) < 4.78 is 0. The molecule has 0 atom stereocenters. The van der Waals surface area contributed by atoms with E-state index in [1.165, 1.54) is 57.8 Å². The Morgan fingerprint density at radius 2 is 1.20 bits per heavy atom. The van der Waals surface area contributed by atoms with Crippen LogP contribution in [0.15, 0.2) is 12.2 Å². The lowest BCUT2D eigenvalue weighted by Gasteiger charge is -2.24. The molecule has 2 aliphatic carbocycles. The Labute approximate surface area is 95.1 Å². The van der Waals surface area contributed by atoms with E-state index in [-0.39, 0.29) is 0 Å². The number of hydrogen-bond acceptors (Lipinski definition) is 0. The quantitative estimate of drug-likeness (QED) is 0.561. The van der Waals surface area contributed by atoms with Gasteiger partial charge in [0.1, 0.15) is 0 Å². The smallest absolute Gasteiger partial charge is 0.0233 e. The van der Waals surface area contributed by atoms with Gasteiger partial charge in [-0.3, -0.25) is 0 Å². The van der Waals surface area contributed by atoms with Crippen molar-refractivity contribution in [2.24, 2.45) is 17.8 Å². The van der Waals surface area contributed by atoms with Crippen LogP contribution in [0.3, 0.4) is 0 Å². The second-order valence-electron chi connectivity index (χ2n) is 5.80. The van der Waals surface area contributed by atoms with Crippen LogP contribution in [0.25, 0.3) is 0 Å². The Morgan fingerprint density at radius 3 is 1.80 bits per heavy atom. The Balaban J connectivity index is 1.73. The lowest BCUT2D eigenvalue weighted by molar-refractivity contribution is 0.328. The first kappa shape index (κ1) is 11.2. The lowest BCUT2D eigenvalue weighted by Crippen LogP contribution is -2.11. The van der Waals surface area contributed by atoms with Crippen molar-refractivity contribution in [3.05, 3.63) is 12.2 Å². The molecule has 15 heavy (non-hydrogen) atoms. The molecule has 0 aromatic rings. The van der Waals surface area contributed by atoms with Crippen molar-refractivity contribution in [3.8, 4) is 0 Å². The standard InChI is InChI=1S/C15H26/c1-13-7-9-15(10-8-13)12-11-14-5-3-2-4-6-14/h11-15H,2-10H2,1H3/b12-11+. The van der Waals surface area contributed by atoms with Crippen molar-refractivity contribution in [3.63, 3.8) is 0 Å². The van der Waals surface area contributed by atoms with Gasteiger partial charge in [-0.25, -0.2) is 0 Å². The normalized spacial score (nSPS) is 34.7. The molecule has 2 aliphatic rings. The van der Waals surface area contributed by atoms with Gasteiger partial charge in [0, 0.05) is 0 Å². The van der Waals surface area contributed by atoms with E-state index in [2.05, 4.69) is 19.1 Å². The summed E-state index contributed by atoms with van der Waals surface area (Å²) in [7, 11) is 0. The summed E-state index contributed by atoms with van der Waals surface area (Å²) in [5.41, 5.74) is 0. The van der Waals surface area contributed by atoms with Crippen molar-refractivity contribution in [2.45, 2.75) is 64.7 Å². The third-order valence-corrected chi connectivity index (χ3v) is 4.37. The zero-order valence-electron chi connectivity index (χ0n) is 10.3. The van der Waals surface area contributed by atoms with Gasteiger partial charge in [-0.05, 0) is 43.4 Å². The molecule has 0 bridgehead atoms. The van der Waals surface area contributed by atoms with Crippen LogP contribution in [-0.2, 0) is 0 Å². The number of allylic oxidation sites excluding steroid dienone is 2. The summed E-state index contributed by atoms with van der Waals surface area (Å²) in [6.45, 7) is 2.40. The summed E-state index contributed by atoms with van der Waals surface area (Å²) in [6, 6.07) is 0. The molecule has 0 N–H and O–H groups in total. The third-order valence-electron chi connectivity index (χ3n) is 4.37. The minimum atomic E-state index is 0.920. The maximum absolute atomic E-state index is 2.56. The fourth-order valence-electron chi connectivity index (χ4n) is 3.12. The van der Waals surface area contributed by atoms with Crippen LogP contribution in [0, 0.1) is 17.8 Å². The van der Waals surface area contributed by atoms with E-state index in [0.717, 1.165) is 17.8 Å². The van der Waals surface area contributed by atoms with Gasteiger partial charge in [-0.2, -0.15) is 0 Å². The van der Waals surface area contributed by atoms with Crippen molar-refractivity contribution in [1.29, 1.82) is 0 Å². The Kier molecular flexibility index (Phi) is 4.29. The van der Waals surface area contributed by atoms with Gasteiger partial charge < -0.3 is 0 Å². The first-order chi connectivity index (χ1) is 7.34. The highest BCUT2D eigenvalue weighted by Gasteiger charge is 2.16. The molecule has 0 amide bonds. The molecule has 2 rings (SSSR count). The second kappa shape index (κ2) is 5.72. The molecule has 0 spiro atoms. The van der Waals surface area contributed by atoms with Crippen molar-refractivity contribution in [2.75, 3.05) is 0 Å². The molecule has 2 saturated carbocycles. The van der Waals surface area contributed by atoms with Gasteiger partial charge in [0.2, 0.25) is 0 Å². The minimum absolute atomic E-state index is 0.920. The monoisotopic (exact) mass is 206 g/mol. The van der Waals surface area contributed by atoms with Crippen LogP contribution in [0.4, 0.5) is 0 Å². The largest absolute Gasteiger partial charge is 0.0851 e. The van der Waals surface area contributed by atoms with Crippen LogP contribution in [-0.4, -0.2) is 0 Å². The number of hydrogen-bond donors (Lipinski definition) is 0. The highest BCUT2D eigenvalue weighted by Crippen LogP contribution is 2.31. The van der Waals surface area contributed by atoms with Gasteiger partial charge in [-0.1, -0.05) is 51.2 Å². The maximum atomic E-state index is 2.56. The summed E-state index contributed by atoms with van der Waals surface area (Å²) in [6.07, 6.45) is 18.3. The fraction of sp³-hybridized carbons (Fsp3) is 0.867. The molecule has 0 heteroatoms. The highest BCUT2D eigenvalue weighted by molar-refractivity contribution is 4.95. The molecule has 0 radical (unpaired) electrons. The Bertz CT molecular complexity index is 190. The van der Waals surface area contributed by atoms with E-state index in [0.29, 0.717) is 0 Å². The summed E-state index contributed by atoms with van der Waals surface area (Å²) in [4.78, 5) is 0. The fourth-order valence-corrected chi connectivity index (χ4v) is 3.12. The van der Waals surface area contributed by atoms with Crippen LogP contribution in [0.5, 0.6) is 0 Å². The molecular weight excluding hydrogens is 180 g/mol. The van der Waals surface area contributed by atoms with Crippen LogP contribution >= 0.6 is 0 Å². The average molecular weight is 206 g/mol. The molecule has 0 aliphatic heterocycles. The van der Waals surface area contributed by atoms with Crippen molar-refractivity contribution in [1.82, 2.24) is 0 Å². The van der Waals surface area contributed by atoms with Crippen LogP contribution in [0.1, 0.15) is 64.7 Å². The third kappa shape index (κ3) is 3.66. The van der Waals surface area contributed by atoms with Crippen LogP contribution < -0.4 is 0 Å². The zero-order chi connectivity index (χ0) is 10.5. The predicted octanol–water partition coefficient (Wildman–Crippen LogP) is 4.95. The van der Waals surface area contributed by atoms with Crippen molar-refractivity contribution < 1.29 is 0 Å². The first-order valence-corrected chi connectivity index (χ1v) is 7.03. The summed E-state index contributed by atoms with van der Waals surface area (Å²) in [5, 5.41) is 0. The molecule has 86 valence electrons. The van der Waals surface area contributed by atoms with Gasteiger partial charge in [-0.15, -0.1) is 0 Å². The minimum Gasteiger partial charge on any atom is -0.0851 e. The van der Waals surface area contributed by atoms with Gasteiger partial charge >= 0.3 is 0 Å². The van der Waals surface area contributed by atoms with Gasteiger partial charge in [0.25, 0.3) is 0 Å². The van der Waals surface area contributed by atoms with Gasteiger partial charge in [0.15, 0.2) is 0 Å². The molecule has 0 aromatic heterocycles. The Hall–Kier alpha value is -0.260. The number of rotatable bonds is 2. The first-order valence-electron chi connectivity index (χ1n) is 7.03. The van der Waals surface area contributed by atoms with E-state index in [9.17, 15) is 0 Å². The maximum Gasteiger partial charge on any atom is -0.0233 e. The SMILES string of the molecule is CC1CCC(/C=C/C2CCCCC2)CC1. The van der Waals surface area contributed by atoms with E-state index in [1.807, 2.05) is 0 Å². The molecule has 0 heterocycles. The second-order valence-corrected chi connectivity index (χ2v) is 5.80. The van der Waals surface area contributed by atoms with E-state index in [4.69, 9.17) is 0 Å². The summed E-state index contributed by atoms with van der Waals surface area (Å²) >= 11 is 0. The molecule has 0 aromatic carbocycles. The van der Waals surface area contributed by atoms with E-state index in [1.54, 1.807) is 0 Å².